The van der Waals surface area contributed by atoms with E-state index in [-0.39, 0.29) is 11.5 Å². The van der Waals surface area contributed by atoms with Crippen LogP contribution in [0.4, 0.5) is 0 Å². The molecule has 4 rings (SSSR count). The second-order valence-corrected chi connectivity index (χ2v) is 10.8. The number of carbonyl (C=O) groups is 1. The minimum atomic E-state index is -0.444. The van der Waals surface area contributed by atoms with E-state index in [4.69, 9.17) is 16.6 Å². The van der Waals surface area contributed by atoms with Crippen LogP contribution in [0, 0.1) is 0 Å². The SMILES string of the molecule is CC[C@H](C)c1ccc(-n2c(S[C@H](C)C(=O)N(C)Cc3ccccc3)nc3ccc(Cl)cc3c2=O)cc1. The first-order valence-electron chi connectivity index (χ1n) is 12.1. The number of aromatic nitrogens is 2. The van der Waals surface area contributed by atoms with Gasteiger partial charge in [0.2, 0.25) is 5.91 Å². The average molecular weight is 520 g/mol. The van der Waals surface area contributed by atoms with Crippen LogP contribution in [0.3, 0.4) is 0 Å². The number of halogens is 1. The molecule has 1 aromatic heterocycles. The molecule has 2 atom stereocenters. The second kappa shape index (κ2) is 11.3. The van der Waals surface area contributed by atoms with Gasteiger partial charge in [-0.25, -0.2) is 4.98 Å². The number of carbonyl (C=O) groups excluding carboxylic acids is 1. The number of benzene rings is 3. The van der Waals surface area contributed by atoms with Crippen molar-refractivity contribution in [3.05, 3.63) is 99.3 Å². The Hall–Kier alpha value is -3.09. The van der Waals surface area contributed by atoms with E-state index in [0.29, 0.717) is 39.2 Å². The smallest absolute Gasteiger partial charge is 0.266 e. The Bertz CT molecular complexity index is 1420. The van der Waals surface area contributed by atoms with Crippen LogP contribution in [-0.2, 0) is 11.3 Å². The van der Waals surface area contributed by atoms with Gasteiger partial charge in [-0.05, 0) is 60.7 Å². The van der Waals surface area contributed by atoms with E-state index in [1.54, 1.807) is 34.7 Å². The number of thioether (sulfide) groups is 1. The lowest BCUT2D eigenvalue weighted by Gasteiger charge is -2.22. The van der Waals surface area contributed by atoms with E-state index in [0.717, 1.165) is 12.0 Å². The Balaban J connectivity index is 1.71. The number of hydrogen-bond donors (Lipinski definition) is 0. The third-order valence-electron chi connectivity index (χ3n) is 6.40. The van der Waals surface area contributed by atoms with Gasteiger partial charge in [-0.3, -0.25) is 14.2 Å². The molecule has 0 aliphatic carbocycles. The van der Waals surface area contributed by atoms with Crippen molar-refractivity contribution in [1.29, 1.82) is 0 Å². The minimum Gasteiger partial charge on any atom is -0.340 e. The van der Waals surface area contributed by atoms with Crippen molar-refractivity contribution in [3.63, 3.8) is 0 Å². The van der Waals surface area contributed by atoms with Crippen LogP contribution in [0.15, 0.2) is 82.7 Å². The van der Waals surface area contributed by atoms with Gasteiger partial charge in [0.05, 0.1) is 21.8 Å². The number of rotatable bonds is 8. The van der Waals surface area contributed by atoms with Crippen molar-refractivity contribution in [3.8, 4) is 5.69 Å². The zero-order valence-electron chi connectivity index (χ0n) is 20.9. The van der Waals surface area contributed by atoms with E-state index in [1.165, 1.54) is 17.3 Å². The van der Waals surface area contributed by atoms with E-state index >= 15 is 0 Å². The molecule has 0 N–H and O–H groups in total. The Morgan fingerprint density at radius 2 is 1.75 bits per heavy atom. The van der Waals surface area contributed by atoms with Crippen LogP contribution in [-0.4, -0.2) is 32.7 Å². The first-order chi connectivity index (χ1) is 17.3. The lowest BCUT2D eigenvalue weighted by molar-refractivity contribution is -0.129. The molecule has 0 radical (unpaired) electrons. The molecule has 5 nitrogen and oxygen atoms in total. The maximum Gasteiger partial charge on any atom is 0.266 e. The summed E-state index contributed by atoms with van der Waals surface area (Å²) in [6, 6.07) is 23.0. The fourth-order valence-corrected chi connectivity index (χ4v) is 5.30. The molecule has 186 valence electrons. The van der Waals surface area contributed by atoms with Crippen LogP contribution in [0.2, 0.25) is 5.02 Å². The second-order valence-electron chi connectivity index (χ2n) is 9.04. The minimum absolute atomic E-state index is 0.0343. The number of nitrogens with zero attached hydrogens (tertiary/aromatic N) is 3. The number of amides is 1. The fourth-order valence-electron chi connectivity index (χ4n) is 4.09. The van der Waals surface area contributed by atoms with Gasteiger partial charge in [0.15, 0.2) is 5.16 Å². The molecule has 0 saturated heterocycles. The summed E-state index contributed by atoms with van der Waals surface area (Å²) in [7, 11) is 1.79. The predicted molar refractivity (Wildman–Crippen MR) is 149 cm³/mol. The molecule has 0 spiro atoms. The maximum atomic E-state index is 13.7. The van der Waals surface area contributed by atoms with Crippen LogP contribution in [0.1, 0.15) is 44.2 Å². The van der Waals surface area contributed by atoms with E-state index in [9.17, 15) is 9.59 Å². The molecule has 0 unspecified atom stereocenters. The Labute approximate surface area is 221 Å². The van der Waals surface area contributed by atoms with Gasteiger partial charge < -0.3 is 4.90 Å². The molecule has 3 aromatic carbocycles. The summed E-state index contributed by atoms with van der Waals surface area (Å²) in [6.07, 6.45) is 1.03. The molecule has 0 fully saturated rings. The molecule has 0 bridgehead atoms. The summed E-state index contributed by atoms with van der Waals surface area (Å²) in [5, 5.41) is 0.950. The zero-order valence-corrected chi connectivity index (χ0v) is 22.5. The quantitative estimate of drug-likeness (QED) is 0.192. The van der Waals surface area contributed by atoms with Crippen LogP contribution in [0.25, 0.3) is 16.6 Å². The van der Waals surface area contributed by atoms with Gasteiger partial charge in [0.1, 0.15) is 0 Å². The molecule has 1 heterocycles. The molecule has 4 aromatic rings. The Morgan fingerprint density at radius 1 is 1.06 bits per heavy atom. The fraction of sp³-hybridized carbons (Fsp3) is 0.276. The van der Waals surface area contributed by atoms with Crippen molar-refractivity contribution < 1.29 is 4.79 Å². The van der Waals surface area contributed by atoms with Crippen LogP contribution in [0.5, 0.6) is 0 Å². The summed E-state index contributed by atoms with van der Waals surface area (Å²) in [5.41, 5.74) is 3.33. The molecular weight excluding hydrogens is 490 g/mol. The number of hydrogen-bond acceptors (Lipinski definition) is 4. The highest BCUT2D eigenvalue weighted by Crippen LogP contribution is 2.28. The summed E-state index contributed by atoms with van der Waals surface area (Å²) < 4.78 is 1.59. The highest BCUT2D eigenvalue weighted by atomic mass is 35.5. The van der Waals surface area contributed by atoms with Crippen molar-refractivity contribution in [2.75, 3.05) is 7.05 Å². The topological polar surface area (TPSA) is 55.2 Å². The third kappa shape index (κ3) is 5.66. The standard InChI is InChI=1S/C29H30ClN3O2S/c1-5-19(2)22-11-14-24(15-12-22)33-28(35)25-17-23(30)13-16-26(25)31-29(33)36-20(3)27(34)32(4)18-21-9-7-6-8-10-21/h6-17,19-20H,5,18H2,1-4H3/t19-,20+/m0/s1. The lowest BCUT2D eigenvalue weighted by atomic mass is 9.98. The normalized spacial score (nSPS) is 12.9. The van der Waals surface area contributed by atoms with Gasteiger partial charge in [0, 0.05) is 18.6 Å². The Kier molecular flexibility index (Phi) is 8.17. The van der Waals surface area contributed by atoms with E-state index in [1.807, 2.05) is 49.4 Å². The molecule has 0 aliphatic rings. The van der Waals surface area contributed by atoms with Crippen molar-refractivity contribution in [2.24, 2.45) is 0 Å². The average Bonchev–Trinajstić information content (AvgIpc) is 2.89. The highest BCUT2D eigenvalue weighted by Gasteiger charge is 2.23. The molecule has 1 amide bonds. The summed E-state index contributed by atoms with van der Waals surface area (Å²) >= 11 is 7.48. The molecular formula is C29H30ClN3O2S. The maximum absolute atomic E-state index is 13.7. The third-order valence-corrected chi connectivity index (χ3v) is 7.68. The molecule has 0 saturated carbocycles. The molecule has 7 heteroatoms. The lowest BCUT2D eigenvalue weighted by Crippen LogP contribution is -2.33. The molecule has 0 aliphatic heterocycles. The summed E-state index contributed by atoms with van der Waals surface area (Å²) in [5.74, 6) is 0.393. The summed E-state index contributed by atoms with van der Waals surface area (Å²) in [6.45, 7) is 6.70. The van der Waals surface area contributed by atoms with Crippen LogP contribution < -0.4 is 5.56 Å². The van der Waals surface area contributed by atoms with Gasteiger partial charge in [-0.1, -0.05) is 79.7 Å². The van der Waals surface area contributed by atoms with E-state index in [2.05, 4.69) is 26.0 Å². The van der Waals surface area contributed by atoms with Gasteiger partial charge in [-0.15, -0.1) is 0 Å². The zero-order chi connectivity index (χ0) is 25.8. The van der Waals surface area contributed by atoms with Crippen molar-refractivity contribution in [2.45, 2.75) is 50.1 Å². The van der Waals surface area contributed by atoms with Gasteiger partial charge in [0.25, 0.3) is 5.56 Å². The summed E-state index contributed by atoms with van der Waals surface area (Å²) in [4.78, 5) is 33.4. The van der Waals surface area contributed by atoms with Gasteiger partial charge in [-0.2, -0.15) is 0 Å². The van der Waals surface area contributed by atoms with Crippen molar-refractivity contribution in [1.82, 2.24) is 14.5 Å². The Morgan fingerprint density at radius 3 is 2.42 bits per heavy atom. The predicted octanol–water partition coefficient (Wildman–Crippen LogP) is 6.69. The first-order valence-corrected chi connectivity index (χ1v) is 13.3. The van der Waals surface area contributed by atoms with Crippen molar-refractivity contribution >= 4 is 40.2 Å². The van der Waals surface area contributed by atoms with Gasteiger partial charge >= 0.3 is 0 Å². The van der Waals surface area contributed by atoms with E-state index < -0.39 is 5.25 Å². The molecule has 36 heavy (non-hydrogen) atoms. The largest absolute Gasteiger partial charge is 0.340 e. The highest BCUT2D eigenvalue weighted by molar-refractivity contribution is 8.00. The number of fused-ring (bicyclic) bond motifs is 1. The monoisotopic (exact) mass is 519 g/mol. The van der Waals surface area contributed by atoms with Crippen LogP contribution >= 0.6 is 23.4 Å². The first kappa shape index (κ1) is 26.0.